The molecule has 2 heteroatoms. The summed E-state index contributed by atoms with van der Waals surface area (Å²) in [5.41, 5.74) is 12.2. The average Bonchev–Trinajstić information content (AvgIpc) is 3.70. The van der Waals surface area contributed by atoms with Gasteiger partial charge in [0.15, 0.2) is 0 Å². The van der Waals surface area contributed by atoms with Crippen molar-refractivity contribution in [2.24, 2.45) is 0 Å². The lowest BCUT2D eigenvalue weighted by molar-refractivity contribution is 0.672. The third-order valence-corrected chi connectivity index (χ3v) is 12.2. The summed E-state index contributed by atoms with van der Waals surface area (Å²) in [6.45, 7) is 0. The topological polar surface area (TPSA) is 16.4 Å². The monoisotopic (exact) mass is 763 g/mol. The van der Waals surface area contributed by atoms with Gasteiger partial charge in [-0.25, -0.2) is 0 Å². The van der Waals surface area contributed by atoms with E-state index in [2.05, 4.69) is 229 Å². The molecule has 0 atom stereocenters. The lowest BCUT2D eigenvalue weighted by Gasteiger charge is -2.26. The summed E-state index contributed by atoms with van der Waals surface area (Å²) in [5, 5.41) is 11.9. The molecule has 280 valence electrons. The fraction of sp³-hybridized carbons (Fsp3) is 0. The maximum atomic E-state index is 6.72. The van der Waals surface area contributed by atoms with E-state index in [-0.39, 0.29) is 0 Å². The summed E-state index contributed by atoms with van der Waals surface area (Å²) in [5.74, 6) is 0. The van der Waals surface area contributed by atoms with Crippen molar-refractivity contribution in [1.82, 2.24) is 0 Å². The lowest BCUT2D eigenvalue weighted by atomic mass is 9.91. The number of furan rings is 1. The molecule has 0 bridgehead atoms. The van der Waals surface area contributed by atoms with Crippen LogP contribution >= 0.6 is 0 Å². The molecule has 0 saturated heterocycles. The van der Waals surface area contributed by atoms with E-state index in [0.29, 0.717) is 0 Å². The van der Waals surface area contributed by atoms with Gasteiger partial charge in [0.2, 0.25) is 0 Å². The molecular formula is C58H37NO. The molecule has 0 unspecified atom stereocenters. The molecule has 60 heavy (non-hydrogen) atoms. The van der Waals surface area contributed by atoms with Crippen molar-refractivity contribution >= 4 is 82.1 Å². The number of hydrogen-bond donors (Lipinski definition) is 0. The molecule has 0 aliphatic carbocycles. The van der Waals surface area contributed by atoms with Gasteiger partial charge in [-0.2, -0.15) is 0 Å². The minimum atomic E-state index is 0.866. The number of hydrogen-bond acceptors (Lipinski definition) is 2. The summed E-state index contributed by atoms with van der Waals surface area (Å²) in [7, 11) is 0. The van der Waals surface area contributed by atoms with E-state index in [1.807, 2.05) is 0 Å². The van der Waals surface area contributed by atoms with E-state index in [1.165, 1.54) is 71.1 Å². The van der Waals surface area contributed by atoms with Crippen LogP contribution in [-0.4, -0.2) is 0 Å². The van der Waals surface area contributed by atoms with Gasteiger partial charge in [-0.3, -0.25) is 0 Å². The Morgan fingerprint density at radius 1 is 0.283 bits per heavy atom. The molecule has 12 rings (SSSR count). The maximum absolute atomic E-state index is 6.72. The van der Waals surface area contributed by atoms with Gasteiger partial charge in [-0.15, -0.1) is 0 Å². The highest BCUT2D eigenvalue weighted by molar-refractivity contribution is 6.15. The molecule has 11 aromatic carbocycles. The van der Waals surface area contributed by atoms with Crippen LogP contribution in [0.25, 0.3) is 98.4 Å². The highest BCUT2D eigenvalue weighted by atomic mass is 16.3. The Kier molecular flexibility index (Phi) is 7.89. The molecule has 0 amide bonds. The van der Waals surface area contributed by atoms with Gasteiger partial charge in [0, 0.05) is 39.3 Å². The zero-order valence-corrected chi connectivity index (χ0v) is 32.7. The molecule has 0 saturated carbocycles. The van der Waals surface area contributed by atoms with Crippen LogP contribution in [0.15, 0.2) is 229 Å². The van der Waals surface area contributed by atoms with E-state index in [9.17, 15) is 0 Å². The van der Waals surface area contributed by atoms with Crippen molar-refractivity contribution in [3.63, 3.8) is 0 Å². The fourth-order valence-corrected chi connectivity index (χ4v) is 9.23. The van der Waals surface area contributed by atoms with Crippen LogP contribution in [0.1, 0.15) is 0 Å². The molecule has 1 aromatic heterocycles. The van der Waals surface area contributed by atoms with Crippen molar-refractivity contribution in [3.8, 4) is 33.4 Å². The number of rotatable bonds is 6. The van der Waals surface area contributed by atoms with Gasteiger partial charge < -0.3 is 9.32 Å². The molecule has 0 radical (unpaired) electrons. The summed E-state index contributed by atoms with van der Waals surface area (Å²) in [4.78, 5) is 2.35. The summed E-state index contributed by atoms with van der Waals surface area (Å²) in [6, 6.07) is 81.3. The summed E-state index contributed by atoms with van der Waals surface area (Å²) >= 11 is 0. The second kappa shape index (κ2) is 13.9. The van der Waals surface area contributed by atoms with Gasteiger partial charge in [-0.1, -0.05) is 164 Å². The minimum Gasteiger partial charge on any atom is -0.455 e. The molecular weight excluding hydrogens is 727 g/mol. The molecule has 0 aliphatic heterocycles. The Balaban J connectivity index is 0.991. The Labute approximate surface area is 347 Å². The molecule has 2 nitrogen and oxygen atoms in total. The first kappa shape index (κ1) is 34.1. The van der Waals surface area contributed by atoms with Crippen LogP contribution in [0.2, 0.25) is 0 Å². The summed E-state index contributed by atoms with van der Waals surface area (Å²) < 4.78 is 6.72. The number of anilines is 3. The second-order valence-corrected chi connectivity index (χ2v) is 15.7. The Morgan fingerprint density at radius 2 is 0.800 bits per heavy atom. The number of nitrogens with zero attached hydrogens (tertiary/aromatic N) is 1. The third-order valence-electron chi connectivity index (χ3n) is 12.2. The predicted molar refractivity (Wildman–Crippen MR) is 255 cm³/mol. The summed E-state index contributed by atoms with van der Waals surface area (Å²) in [6.07, 6.45) is 0. The van der Waals surface area contributed by atoms with Crippen LogP contribution < -0.4 is 4.90 Å². The van der Waals surface area contributed by atoms with Crippen LogP contribution in [0.3, 0.4) is 0 Å². The van der Waals surface area contributed by atoms with Crippen LogP contribution in [-0.2, 0) is 0 Å². The Hall–Kier alpha value is -7.94. The first-order valence-electron chi connectivity index (χ1n) is 20.6. The lowest BCUT2D eigenvalue weighted by Crippen LogP contribution is -2.09. The van der Waals surface area contributed by atoms with Crippen molar-refractivity contribution in [2.45, 2.75) is 0 Å². The van der Waals surface area contributed by atoms with Gasteiger partial charge in [0.05, 0.1) is 0 Å². The molecule has 0 N–H and O–H groups in total. The Bertz CT molecular complexity index is 3590. The first-order chi connectivity index (χ1) is 29.7. The van der Waals surface area contributed by atoms with Crippen LogP contribution in [0.4, 0.5) is 17.1 Å². The van der Waals surface area contributed by atoms with Crippen LogP contribution in [0.5, 0.6) is 0 Å². The highest BCUT2D eigenvalue weighted by Crippen LogP contribution is 2.43. The minimum absolute atomic E-state index is 0.866. The van der Waals surface area contributed by atoms with E-state index >= 15 is 0 Å². The zero-order chi connectivity index (χ0) is 39.6. The quantitative estimate of drug-likeness (QED) is 0.168. The molecule has 12 aromatic rings. The SMILES string of the molecule is c1ccc(-c2cccc3cccc(-c4ccc(N(c5ccc6cc(-c7ccc8ccccc8c7)ccc6c5)c5ccc6c(c5)oc5c7ccccc7ccc65)cc4)c23)cc1. The normalized spacial score (nSPS) is 11.7. The average molecular weight is 764 g/mol. The van der Waals surface area contributed by atoms with E-state index in [4.69, 9.17) is 4.42 Å². The largest absolute Gasteiger partial charge is 0.455 e. The standard InChI is InChI=1S/C58H37NO/c1-2-11-39(12-3-1)51-18-8-15-42-16-9-19-52(57(42)51)41-24-28-48(29-25-41)59(50-31-33-54-55-32-27-40-13-6-7-17-53(40)58(55)60-56(54)37-50)49-30-26-46-35-45(22-23-47(46)36-49)44-21-20-38-10-4-5-14-43(38)34-44/h1-37H. The fourth-order valence-electron chi connectivity index (χ4n) is 9.23. The molecule has 0 spiro atoms. The second-order valence-electron chi connectivity index (χ2n) is 15.7. The van der Waals surface area contributed by atoms with E-state index in [1.54, 1.807) is 0 Å². The van der Waals surface area contributed by atoms with Gasteiger partial charge in [0.1, 0.15) is 11.2 Å². The zero-order valence-electron chi connectivity index (χ0n) is 32.7. The van der Waals surface area contributed by atoms with E-state index in [0.717, 1.165) is 44.4 Å². The Morgan fingerprint density at radius 3 is 1.58 bits per heavy atom. The number of fused-ring (bicyclic) bond motifs is 8. The van der Waals surface area contributed by atoms with Gasteiger partial charge in [-0.05, 0) is 126 Å². The van der Waals surface area contributed by atoms with Crippen molar-refractivity contribution < 1.29 is 4.42 Å². The maximum Gasteiger partial charge on any atom is 0.143 e. The van der Waals surface area contributed by atoms with Crippen molar-refractivity contribution in [1.29, 1.82) is 0 Å². The van der Waals surface area contributed by atoms with Crippen molar-refractivity contribution in [2.75, 3.05) is 4.90 Å². The predicted octanol–water partition coefficient (Wildman–Crippen LogP) is 16.7. The van der Waals surface area contributed by atoms with E-state index < -0.39 is 0 Å². The van der Waals surface area contributed by atoms with Gasteiger partial charge >= 0.3 is 0 Å². The van der Waals surface area contributed by atoms with Gasteiger partial charge in [0.25, 0.3) is 0 Å². The highest BCUT2D eigenvalue weighted by Gasteiger charge is 2.18. The number of benzene rings is 11. The van der Waals surface area contributed by atoms with Crippen LogP contribution in [0, 0.1) is 0 Å². The first-order valence-corrected chi connectivity index (χ1v) is 20.6. The molecule has 0 fully saturated rings. The molecule has 1 heterocycles. The smallest absolute Gasteiger partial charge is 0.143 e. The molecule has 0 aliphatic rings. The van der Waals surface area contributed by atoms with Crippen molar-refractivity contribution in [3.05, 3.63) is 224 Å². The third kappa shape index (κ3) is 5.73.